The quantitative estimate of drug-likeness (QED) is 0.340. The number of para-hydroxylation sites is 1. The van der Waals surface area contributed by atoms with E-state index in [0.717, 1.165) is 0 Å². The monoisotopic (exact) mass is 235 g/mol. The highest BCUT2D eigenvalue weighted by Gasteiger charge is 2.22. The maximum absolute atomic E-state index is 11.8. The minimum atomic E-state index is -0.618. The van der Waals surface area contributed by atoms with Crippen LogP contribution in [0.2, 0.25) is 0 Å². The zero-order chi connectivity index (χ0) is 13.0. The van der Waals surface area contributed by atoms with Gasteiger partial charge in [-0.25, -0.2) is 0 Å². The number of nitro benzene ring substituents is 1. The minimum absolute atomic E-state index is 0.00787. The normalized spacial score (nSPS) is 10.3. The average Bonchev–Trinajstić information content (AvgIpc) is 2.28. The maximum Gasteiger partial charge on any atom is 0.280 e. The molecule has 0 N–H and O–H groups in total. The summed E-state index contributed by atoms with van der Waals surface area (Å²) in [5.74, 6) is -0.967. The van der Waals surface area contributed by atoms with Gasteiger partial charge in [0.25, 0.3) is 5.69 Å². The number of carbonyl (C=O) groups excluding carboxylic acids is 2. The fourth-order valence-electron chi connectivity index (χ4n) is 1.33. The Morgan fingerprint density at radius 2 is 1.88 bits per heavy atom. The molecule has 5 heteroatoms. The third kappa shape index (κ3) is 3.21. The van der Waals surface area contributed by atoms with E-state index >= 15 is 0 Å². The Hall–Kier alpha value is -2.04. The number of benzene rings is 1. The molecule has 0 heterocycles. The molecule has 0 atom stereocenters. The first-order valence-corrected chi connectivity index (χ1v) is 5.22. The first-order valence-electron chi connectivity index (χ1n) is 5.22. The Kier molecular flexibility index (Phi) is 4.09. The molecule has 0 aliphatic heterocycles. The first kappa shape index (κ1) is 13.0. The van der Waals surface area contributed by atoms with Gasteiger partial charge in [0.2, 0.25) is 0 Å². The van der Waals surface area contributed by atoms with Crippen molar-refractivity contribution in [2.45, 2.75) is 20.3 Å². The van der Waals surface area contributed by atoms with Gasteiger partial charge >= 0.3 is 0 Å². The average molecular weight is 235 g/mol. The predicted octanol–water partition coefficient (Wildman–Crippen LogP) is 2.39. The number of rotatable bonds is 5. The zero-order valence-corrected chi connectivity index (χ0v) is 9.67. The summed E-state index contributed by atoms with van der Waals surface area (Å²) in [5.41, 5.74) is -0.263. The van der Waals surface area contributed by atoms with Crippen LogP contribution in [0.15, 0.2) is 24.3 Å². The van der Waals surface area contributed by atoms with Gasteiger partial charge in [0.1, 0.15) is 5.78 Å². The van der Waals surface area contributed by atoms with E-state index in [9.17, 15) is 19.7 Å². The summed E-state index contributed by atoms with van der Waals surface area (Å²) >= 11 is 0. The molecule has 0 amide bonds. The lowest BCUT2D eigenvalue weighted by Gasteiger charge is -2.04. The van der Waals surface area contributed by atoms with Crippen molar-refractivity contribution >= 4 is 17.3 Å². The van der Waals surface area contributed by atoms with Crippen molar-refractivity contribution in [3.05, 3.63) is 39.9 Å². The van der Waals surface area contributed by atoms with Gasteiger partial charge in [-0.05, 0) is 6.07 Å². The highest BCUT2D eigenvalue weighted by molar-refractivity contribution is 6.10. The van der Waals surface area contributed by atoms with E-state index in [0.29, 0.717) is 0 Å². The summed E-state index contributed by atoms with van der Waals surface area (Å²) in [6.45, 7) is 3.38. The van der Waals surface area contributed by atoms with Crippen molar-refractivity contribution in [3.63, 3.8) is 0 Å². The fourth-order valence-corrected chi connectivity index (χ4v) is 1.33. The Morgan fingerprint density at radius 1 is 1.29 bits per heavy atom. The van der Waals surface area contributed by atoms with Crippen LogP contribution in [0.4, 0.5) is 5.69 Å². The number of carbonyl (C=O) groups is 2. The number of nitrogens with zero attached hydrogens (tertiary/aromatic N) is 1. The van der Waals surface area contributed by atoms with Crippen LogP contribution in [0.3, 0.4) is 0 Å². The standard InChI is InChI=1S/C12H13NO4/c1-8(2)11(14)7-12(15)9-5-3-4-6-10(9)13(16)17/h3-6,8H,7H2,1-2H3. The molecule has 0 radical (unpaired) electrons. The third-order valence-electron chi connectivity index (χ3n) is 2.38. The van der Waals surface area contributed by atoms with E-state index in [1.807, 2.05) is 0 Å². The van der Waals surface area contributed by atoms with E-state index in [1.165, 1.54) is 18.2 Å². The molecule has 0 saturated carbocycles. The summed E-state index contributed by atoms with van der Waals surface area (Å²) in [6, 6.07) is 5.65. The van der Waals surface area contributed by atoms with Crippen LogP contribution < -0.4 is 0 Å². The number of hydrogen-bond acceptors (Lipinski definition) is 4. The number of Topliss-reactive ketones (excluding diaryl/α,β-unsaturated/α-hetero) is 2. The lowest BCUT2D eigenvalue weighted by molar-refractivity contribution is -0.385. The Labute approximate surface area is 98.6 Å². The Morgan fingerprint density at radius 3 is 2.41 bits per heavy atom. The second-order valence-electron chi connectivity index (χ2n) is 4.00. The summed E-state index contributed by atoms with van der Waals surface area (Å²) in [4.78, 5) is 33.3. The van der Waals surface area contributed by atoms with Gasteiger partial charge in [0, 0.05) is 12.0 Å². The van der Waals surface area contributed by atoms with Crippen molar-refractivity contribution < 1.29 is 14.5 Å². The van der Waals surface area contributed by atoms with Gasteiger partial charge in [0.05, 0.1) is 16.9 Å². The van der Waals surface area contributed by atoms with Crippen LogP contribution in [0.1, 0.15) is 30.6 Å². The van der Waals surface area contributed by atoms with Crippen molar-refractivity contribution in [2.75, 3.05) is 0 Å². The molecule has 5 nitrogen and oxygen atoms in total. The zero-order valence-electron chi connectivity index (χ0n) is 9.67. The van der Waals surface area contributed by atoms with Crippen molar-refractivity contribution in [1.29, 1.82) is 0 Å². The van der Waals surface area contributed by atoms with Gasteiger partial charge < -0.3 is 0 Å². The Bertz CT molecular complexity index is 465. The highest BCUT2D eigenvalue weighted by Crippen LogP contribution is 2.19. The van der Waals surface area contributed by atoms with Crippen molar-refractivity contribution in [2.24, 2.45) is 5.92 Å². The largest absolute Gasteiger partial charge is 0.299 e. The van der Waals surface area contributed by atoms with E-state index in [2.05, 4.69) is 0 Å². The van der Waals surface area contributed by atoms with Gasteiger partial charge in [0.15, 0.2) is 5.78 Å². The number of nitro groups is 1. The highest BCUT2D eigenvalue weighted by atomic mass is 16.6. The molecule has 0 fully saturated rings. The predicted molar refractivity (Wildman–Crippen MR) is 61.9 cm³/mol. The first-order chi connectivity index (χ1) is 7.93. The van der Waals surface area contributed by atoms with Crippen molar-refractivity contribution in [3.8, 4) is 0 Å². The second kappa shape index (κ2) is 5.34. The minimum Gasteiger partial charge on any atom is -0.299 e. The molecular formula is C12H13NO4. The van der Waals surface area contributed by atoms with Crippen LogP contribution in [0.5, 0.6) is 0 Å². The molecular weight excluding hydrogens is 222 g/mol. The van der Waals surface area contributed by atoms with Crippen LogP contribution in [0, 0.1) is 16.0 Å². The molecule has 90 valence electrons. The SMILES string of the molecule is CC(C)C(=O)CC(=O)c1ccccc1[N+](=O)[O-]. The van der Waals surface area contributed by atoms with Crippen LogP contribution in [0.25, 0.3) is 0 Å². The molecule has 0 aliphatic carbocycles. The molecule has 17 heavy (non-hydrogen) atoms. The molecule has 0 saturated heterocycles. The molecule has 0 bridgehead atoms. The summed E-state index contributed by atoms with van der Waals surface area (Å²) in [7, 11) is 0. The van der Waals surface area contributed by atoms with Gasteiger partial charge in [-0.3, -0.25) is 19.7 Å². The van der Waals surface area contributed by atoms with E-state index in [1.54, 1.807) is 19.9 Å². The van der Waals surface area contributed by atoms with E-state index in [-0.39, 0.29) is 29.4 Å². The molecule has 0 spiro atoms. The van der Waals surface area contributed by atoms with Crippen LogP contribution in [-0.2, 0) is 4.79 Å². The van der Waals surface area contributed by atoms with E-state index < -0.39 is 10.7 Å². The summed E-state index contributed by atoms with van der Waals surface area (Å²) in [6.07, 6.45) is -0.289. The number of ketones is 2. The molecule has 1 aromatic carbocycles. The summed E-state index contributed by atoms with van der Waals surface area (Å²) in [5, 5.41) is 10.7. The smallest absolute Gasteiger partial charge is 0.280 e. The molecule has 1 aromatic rings. The third-order valence-corrected chi connectivity index (χ3v) is 2.38. The maximum atomic E-state index is 11.8. The van der Waals surface area contributed by atoms with Gasteiger partial charge in [-0.1, -0.05) is 26.0 Å². The molecule has 0 unspecified atom stereocenters. The molecule has 1 rings (SSSR count). The molecule has 0 aromatic heterocycles. The van der Waals surface area contributed by atoms with Crippen LogP contribution in [-0.4, -0.2) is 16.5 Å². The molecule has 0 aliphatic rings. The lowest BCUT2D eigenvalue weighted by Crippen LogP contribution is -2.14. The van der Waals surface area contributed by atoms with Gasteiger partial charge in [-0.15, -0.1) is 0 Å². The lowest BCUT2D eigenvalue weighted by atomic mass is 9.99. The second-order valence-corrected chi connectivity index (χ2v) is 4.00. The summed E-state index contributed by atoms with van der Waals surface area (Å²) < 4.78 is 0. The van der Waals surface area contributed by atoms with Gasteiger partial charge in [-0.2, -0.15) is 0 Å². The van der Waals surface area contributed by atoms with Crippen molar-refractivity contribution in [1.82, 2.24) is 0 Å². The fraction of sp³-hybridized carbons (Fsp3) is 0.333. The number of hydrogen-bond donors (Lipinski definition) is 0. The topological polar surface area (TPSA) is 77.3 Å². The Balaban J connectivity index is 2.97. The van der Waals surface area contributed by atoms with Crippen LogP contribution >= 0.6 is 0 Å². The van der Waals surface area contributed by atoms with E-state index in [4.69, 9.17) is 0 Å².